The van der Waals surface area contributed by atoms with Gasteiger partial charge in [-0.25, -0.2) is 9.59 Å². The zero-order valence-corrected chi connectivity index (χ0v) is 12.2. The molecule has 0 fully saturated rings. The van der Waals surface area contributed by atoms with Crippen LogP contribution in [0.15, 0.2) is 0 Å². The van der Waals surface area contributed by atoms with Gasteiger partial charge in [0.05, 0.1) is 26.4 Å². The summed E-state index contributed by atoms with van der Waals surface area (Å²) in [6.07, 6.45) is 0. The summed E-state index contributed by atoms with van der Waals surface area (Å²) in [5, 5.41) is 10.1. The molecule has 0 amide bonds. The van der Waals surface area contributed by atoms with Gasteiger partial charge in [0.15, 0.2) is 11.5 Å². The summed E-state index contributed by atoms with van der Waals surface area (Å²) in [5.41, 5.74) is 0.805. The molecule has 1 rings (SSSR count). The Kier molecular flexibility index (Phi) is 4.96. The lowest BCUT2D eigenvalue weighted by Crippen LogP contribution is -2.15. The standard InChI is InChI=1S/C14H18O6/c1-6-20-14(17)9-7(2)10(13(16)19-5)11(15)12(18-4)8(9)3/h15H,6H2,1-5H3. The highest BCUT2D eigenvalue weighted by Gasteiger charge is 2.28. The molecule has 0 aliphatic rings. The van der Waals surface area contributed by atoms with Crippen LogP contribution in [0.3, 0.4) is 0 Å². The van der Waals surface area contributed by atoms with Crippen molar-refractivity contribution in [3.05, 3.63) is 22.3 Å². The van der Waals surface area contributed by atoms with Crippen LogP contribution >= 0.6 is 0 Å². The fourth-order valence-corrected chi connectivity index (χ4v) is 2.10. The Morgan fingerprint density at radius 1 is 1.05 bits per heavy atom. The topological polar surface area (TPSA) is 82.1 Å². The van der Waals surface area contributed by atoms with Crippen LogP contribution in [0, 0.1) is 13.8 Å². The SMILES string of the molecule is CCOC(=O)c1c(C)c(OC)c(O)c(C(=O)OC)c1C. The molecule has 20 heavy (non-hydrogen) atoms. The molecule has 0 saturated carbocycles. The number of benzene rings is 1. The van der Waals surface area contributed by atoms with E-state index in [0.717, 1.165) is 0 Å². The average molecular weight is 282 g/mol. The second-order valence-corrected chi connectivity index (χ2v) is 4.09. The molecule has 0 aromatic heterocycles. The Morgan fingerprint density at radius 2 is 1.65 bits per heavy atom. The number of carbonyl (C=O) groups excluding carboxylic acids is 2. The molecule has 0 spiro atoms. The van der Waals surface area contributed by atoms with Crippen LogP contribution in [0.5, 0.6) is 11.5 Å². The van der Waals surface area contributed by atoms with Crippen LogP contribution < -0.4 is 4.74 Å². The van der Waals surface area contributed by atoms with Crippen molar-refractivity contribution in [1.29, 1.82) is 0 Å². The third kappa shape index (κ3) is 2.54. The molecule has 6 heteroatoms. The largest absolute Gasteiger partial charge is 0.504 e. The van der Waals surface area contributed by atoms with Crippen molar-refractivity contribution in [3.63, 3.8) is 0 Å². The lowest BCUT2D eigenvalue weighted by molar-refractivity contribution is 0.0524. The smallest absolute Gasteiger partial charge is 0.342 e. The summed E-state index contributed by atoms with van der Waals surface area (Å²) in [6, 6.07) is 0. The molecule has 0 aliphatic heterocycles. The van der Waals surface area contributed by atoms with Crippen LogP contribution in [0.2, 0.25) is 0 Å². The second-order valence-electron chi connectivity index (χ2n) is 4.09. The lowest BCUT2D eigenvalue weighted by Gasteiger charge is -2.17. The number of esters is 2. The molecule has 0 atom stereocenters. The maximum Gasteiger partial charge on any atom is 0.342 e. The Bertz CT molecular complexity index is 547. The highest BCUT2D eigenvalue weighted by Crippen LogP contribution is 2.39. The van der Waals surface area contributed by atoms with Crippen LogP contribution in [0.25, 0.3) is 0 Å². The number of aromatic hydroxyl groups is 1. The normalized spacial score (nSPS) is 10.1. The molecule has 6 nitrogen and oxygen atoms in total. The monoisotopic (exact) mass is 282 g/mol. The summed E-state index contributed by atoms with van der Waals surface area (Å²) in [6.45, 7) is 5.04. The van der Waals surface area contributed by atoms with Crippen LogP contribution in [0.1, 0.15) is 38.8 Å². The molecule has 110 valence electrons. The third-order valence-electron chi connectivity index (χ3n) is 2.99. The van der Waals surface area contributed by atoms with Crippen molar-refractivity contribution in [2.75, 3.05) is 20.8 Å². The first-order valence-corrected chi connectivity index (χ1v) is 6.06. The van der Waals surface area contributed by atoms with Gasteiger partial charge in [0.2, 0.25) is 0 Å². The van der Waals surface area contributed by atoms with Gasteiger partial charge in [0.25, 0.3) is 0 Å². The summed E-state index contributed by atoms with van der Waals surface area (Å²) >= 11 is 0. The third-order valence-corrected chi connectivity index (χ3v) is 2.99. The molecule has 1 aromatic carbocycles. The van der Waals surface area contributed by atoms with Crippen molar-refractivity contribution in [2.45, 2.75) is 20.8 Å². The highest BCUT2D eigenvalue weighted by atomic mass is 16.5. The van der Waals surface area contributed by atoms with E-state index in [9.17, 15) is 14.7 Å². The van der Waals surface area contributed by atoms with Crippen molar-refractivity contribution in [2.24, 2.45) is 0 Å². The van der Waals surface area contributed by atoms with Crippen LogP contribution in [-0.4, -0.2) is 37.9 Å². The Labute approximate surface area is 117 Å². The van der Waals surface area contributed by atoms with Gasteiger partial charge in [-0.05, 0) is 26.3 Å². The molecule has 0 unspecified atom stereocenters. The molecule has 0 radical (unpaired) electrons. The summed E-state index contributed by atoms with van der Waals surface area (Å²) < 4.78 is 14.7. The van der Waals surface area contributed by atoms with E-state index in [1.54, 1.807) is 20.8 Å². The molecule has 0 aliphatic carbocycles. The maximum absolute atomic E-state index is 12.0. The van der Waals surface area contributed by atoms with E-state index in [-0.39, 0.29) is 29.2 Å². The van der Waals surface area contributed by atoms with E-state index >= 15 is 0 Å². The predicted octanol–water partition coefficient (Wildman–Crippen LogP) is 1.98. The minimum atomic E-state index is -0.746. The van der Waals surface area contributed by atoms with Crippen molar-refractivity contribution < 1.29 is 28.9 Å². The molecule has 1 N–H and O–H groups in total. The van der Waals surface area contributed by atoms with Gasteiger partial charge in [-0.1, -0.05) is 0 Å². The first kappa shape index (κ1) is 15.8. The fraction of sp³-hybridized carbons (Fsp3) is 0.429. The molecule has 0 heterocycles. The highest BCUT2D eigenvalue weighted by molar-refractivity contribution is 6.02. The quantitative estimate of drug-likeness (QED) is 0.850. The number of rotatable bonds is 4. The van der Waals surface area contributed by atoms with Gasteiger partial charge in [0, 0.05) is 5.56 Å². The van der Waals surface area contributed by atoms with Gasteiger partial charge in [0.1, 0.15) is 5.56 Å². The van der Waals surface area contributed by atoms with E-state index in [2.05, 4.69) is 4.74 Å². The van der Waals surface area contributed by atoms with Crippen LogP contribution in [-0.2, 0) is 9.47 Å². The van der Waals surface area contributed by atoms with E-state index in [1.165, 1.54) is 14.2 Å². The minimum Gasteiger partial charge on any atom is -0.504 e. The number of hydrogen-bond acceptors (Lipinski definition) is 6. The van der Waals surface area contributed by atoms with E-state index in [0.29, 0.717) is 11.1 Å². The lowest BCUT2D eigenvalue weighted by atomic mass is 9.95. The second kappa shape index (κ2) is 6.27. The van der Waals surface area contributed by atoms with E-state index in [1.807, 2.05) is 0 Å². The molecular weight excluding hydrogens is 264 g/mol. The van der Waals surface area contributed by atoms with Gasteiger partial charge < -0.3 is 19.3 Å². The van der Waals surface area contributed by atoms with Gasteiger partial charge in [-0.15, -0.1) is 0 Å². The van der Waals surface area contributed by atoms with Crippen molar-refractivity contribution in [1.82, 2.24) is 0 Å². The zero-order valence-electron chi connectivity index (χ0n) is 12.2. The van der Waals surface area contributed by atoms with Crippen molar-refractivity contribution >= 4 is 11.9 Å². The summed E-state index contributed by atoms with van der Waals surface area (Å²) in [7, 11) is 2.53. The molecule has 1 aromatic rings. The van der Waals surface area contributed by atoms with Crippen LogP contribution in [0.4, 0.5) is 0 Å². The van der Waals surface area contributed by atoms with Gasteiger partial charge in [-0.2, -0.15) is 0 Å². The molecular formula is C14H18O6. The van der Waals surface area contributed by atoms with E-state index in [4.69, 9.17) is 9.47 Å². The first-order valence-electron chi connectivity index (χ1n) is 6.06. The minimum absolute atomic E-state index is 0.0547. The molecule has 0 bridgehead atoms. The Hall–Kier alpha value is -2.24. The van der Waals surface area contributed by atoms with E-state index < -0.39 is 11.9 Å². The predicted molar refractivity (Wildman–Crippen MR) is 71.4 cm³/mol. The first-order chi connectivity index (χ1) is 9.40. The van der Waals surface area contributed by atoms with Gasteiger partial charge in [-0.3, -0.25) is 0 Å². The van der Waals surface area contributed by atoms with Crippen molar-refractivity contribution in [3.8, 4) is 11.5 Å². The fourth-order valence-electron chi connectivity index (χ4n) is 2.10. The number of methoxy groups -OCH3 is 2. The zero-order chi connectivity index (χ0) is 15.4. The number of carbonyl (C=O) groups is 2. The number of ether oxygens (including phenoxy) is 3. The molecule has 0 saturated heterocycles. The number of phenolic OH excluding ortho intramolecular Hbond substituents is 1. The van der Waals surface area contributed by atoms with Gasteiger partial charge >= 0.3 is 11.9 Å². The Balaban J connectivity index is 3.67. The maximum atomic E-state index is 12.0. The summed E-state index contributed by atoms with van der Waals surface area (Å²) in [4.78, 5) is 23.8. The Morgan fingerprint density at radius 3 is 2.10 bits per heavy atom. The number of hydrogen-bond donors (Lipinski definition) is 1. The summed E-state index contributed by atoms with van der Waals surface area (Å²) in [5.74, 6) is -1.61. The average Bonchev–Trinajstić information content (AvgIpc) is 2.39. The number of phenols is 1.